The lowest BCUT2D eigenvalue weighted by atomic mass is 10.1. The van der Waals surface area contributed by atoms with Crippen molar-refractivity contribution in [2.24, 2.45) is 0 Å². The van der Waals surface area contributed by atoms with Crippen LogP contribution in [0.2, 0.25) is 0 Å². The van der Waals surface area contributed by atoms with E-state index < -0.39 is 0 Å². The quantitative estimate of drug-likeness (QED) is 0.615. The molecular formula is C15H21NO4. The molecule has 110 valence electrons. The lowest BCUT2D eigenvalue weighted by Crippen LogP contribution is -2.24. The molecule has 1 N–H and O–H groups in total. The van der Waals surface area contributed by atoms with Crippen molar-refractivity contribution in [3.05, 3.63) is 29.8 Å². The fourth-order valence-electron chi connectivity index (χ4n) is 1.75. The van der Waals surface area contributed by atoms with Gasteiger partial charge in [0.1, 0.15) is 0 Å². The number of carbonyl (C=O) groups is 1. The molecule has 0 aliphatic heterocycles. The third-order valence-corrected chi connectivity index (χ3v) is 2.76. The van der Waals surface area contributed by atoms with Crippen LogP contribution in [0.15, 0.2) is 24.3 Å². The molecule has 0 fully saturated rings. The minimum absolute atomic E-state index is 0.172. The Morgan fingerprint density at radius 3 is 2.20 bits per heavy atom. The second-order valence-corrected chi connectivity index (χ2v) is 4.03. The molecule has 0 heterocycles. The van der Waals surface area contributed by atoms with Gasteiger partial charge in [0, 0.05) is 12.1 Å². The Hall–Kier alpha value is -2.17. The highest BCUT2D eigenvalue weighted by Gasteiger charge is 2.16. The van der Waals surface area contributed by atoms with Gasteiger partial charge in [0.05, 0.1) is 21.3 Å². The Labute approximate surface area is 119 Å². The zero-order valence-corrected chi connectivity index (χ0v) is 12.4. The molecule has 1 rings (SSSR count). The summed E-state index contributed by atoms with van der Waals surface area (Å²) in [5, 5.41) is 2.83. The Kier molecular flexibility index (Phi) is 6.43. The van der Waals surface area contributed by atoms with Crippen molar-refractivity contribution in [2.45, 2.75) is 13.3 Å². The minimum atomic E-state index is -0.172. The summed E-state index contributed by atoms with van der Waals surface area (Å²) in [6.07, 6.45) is 4.74. The summed E-state index contributed by atoms with van der Waals surface area (Å²) in [4.78, 5) is 12.1. The molecule has 0 aliphatic carbocycles. The van der Waals surface area contributed by atoms with E-state index in [1.54, 1.807) is 12.1 Å². The number of nitrogens with one attached hydrogen (secondary N) is 1. The lowest BCUT2D eigenvalue weighted by Gasteiger charge is -2.14. The van der Waals surface area contributed by atoms with E-state index in [2.05, 4.69) is 5.32 Å². The molecule has 0 spiro atoms. The lowest BCUT2D eigenvalue weighted by molar-refractivity contribution is 0.0953. The molecule has 0 radical (unpaired) electrons. The van der Waals surface area contributed by atoms with Crippen LogP contribution in [0.25, 0.3) is 0 Å². The summed E-state index contributed by atoms with van der Waals surface area (Å²) in [5.74, 6) is 1.23. The fraction of sp³-hybridized carbons (Fsp3) is 0.400. The number of benzene rings is 1. The summed E-state index contributed by atoms with van der Waals surface area (Å²) in [5.41, 5.74) is 0.472. The van der Waals surface area contributed by atoms with E-state index in [-0.39, 0.29) is 5.91 Å². The van der Waals surface area contributed by atoms with Crippen LogP contribution in [0.4, 0.5) is 0 Å². The first-order chi connectivity index (χ1) is 9.67. The third kappa shape index (κ3) is 3.91. The van der Waals surface area contributed by atoms with Crippen molar-refractivity contribution in [1.29, 1.82) is 0 Å². The molecule has 0 bridgehead atoms. The minimum Gasteiger partial charge on any atom is -0.493 e. The van der Waals surface area contributed by atoms with E-state index >= 15 is 0 Å². The number of hydrogen-bond donors (Lipinski definition) is 1. The molecule has 0 saturated carbocycles. The number of amides is 1. The number of ether oxygens (including phenoxy) is 3. The van der Waals surface area contributed by atoms with Crippen LogP contribution in [0.1, 0.15) is 23.7 Å². The van der Waals surface area contributed by atoms with E-state index in [9.17, 15) is 4.79 Å². The van der Waals surface area contributed by atoms with Gasteiger partial charge in [-0.2, -0.15) is 0 Å². The summed E-state index contributed by atoms with van der Waals surface area (Å²) in [7, 11) is 4.56. The van der Waals surface area contributed by atoms with Crippen LogP contribution in [-0.4, -0.2) is 33.8 Å². The van der Waals surface area contributed by atoms with Crippen LogP contribution in [0, 0.1) is 0 Å². The average molecular weight is 279 g/mol. The molecule has 1 aromatic rings. The van der Waals surface area contributed by atoms with Crippen molar-refractivity contribution in [3.8, 4) is 17.2 Å². The Morgan fingerprint density at radius 1 is 1.15 bits per heavy atom. The molecule has 1 amide bonds. The van der Waals surface area contributed by atoms with Gasteiger partial charge in [-0.1, -0.05) is 12.2 Å². The summed E-state index contributed by atoms with van der Waals surface area (Å²) >= 11 is 0. The predicted octanol–water partition coefficient (Wildman–Crippen LogP) is 2.41. The maximum atomic E-state index is 12.1. The fourth-order valence-corrected chi connectivity index (χ4v) is 1.75. The van der Waals surface area contributed by atoms with Gasteiger partial charge in [-0.15, -0.1) is 0 Å². The second kappa shape index (κ2) is 8.09. The SMILES string of the molecule is C/C=C/CCNC(=O)c1cc(OC)c(OC)c(OC)c1. The number of hydrogen-bond acceptors (Lipinski definition) is 4. The maximum Gasteiger partial charge on any atom is 0.251 e. The van der Waals surface area contributed by atoms with Crippen LogP contribution >= 0.6 is 0 Å². The topological polar surface area (TPSA) is 56.8 Å². The average Bonchev–Trinajstić information content (AvgIpc) is 2.49. The molecule has 0 unspecified atom stereocenters. The van der Waals surface area contributed by atoms with E-state index in [4.69, 9.17) is 14.2 Å². The summed E-state index contributed by atoms with van der Waals surface area (Å²) < 4.78 is 15.6. The van der Waals surface area contributed by atoms with Crippen molar-refractivity contribution >= 4 is 5.91 Å². The zero-order chi connectivity index (χ0) is 15.0. The monoisotopic (exact) mass is 279 g/mol. The first-order valence-corrected chi connectivity index (χ1v) is 6.37. The van der Waals surface area contributed by atoms with Gasteiger partial charge in [0.15, 0.2) is 11.5 Å². The molecule has 1 aromatic carbocycles. The molecule has 5 nitrogen and oxygen atoms in total. The Balaban J connectivity index is 2.92. The first-order valence-electron chi connectivity index (χ1n) is 6.37. The van der Waals surface area contributed by atoms with Gasteiger partial charge in [-0.3, -0.25) is 4.79 Å². The molecule has 0 aromatic heterocycles. The van der Waals surface area contributed by atoms with Crippen LogP contribution in [0.3, 0.4) is 0 Å². The van der Waals surface area contributed by atoms with E-state index in [0.717, 1.165) is 6.42 Å². The number of allylic oxidation sites excluding steroid dienone is 1. The van der Waals surface area contributed by atoms with Gasteiger partial charge in [-0.25, -0.2) is 0 Å². The van der Waals surface area contributed by atoms with Crippen LogP contribution < -0.4 is 19.5 Å². The third-order valence-electron chi connectivity index (χ3n) is 2.76. The number of rotatable bonds is 7. The van der Waals surface area contributed by atoms with Crippen LogP contribution in [0.5, 0.6) is 17.2 Å². The van der Waals surface area contributed by atoms with Gasteiger partial charge >= 0.3 is 0 Å². The highest BCUT2D eigenvalue weighted by Crippen LogP contribution is 2.38. The van der Waals surface area contributed by atoms with E-state index in [1.807, 2.05) is 19.1 Å². The van der Waals surface area contributed by atoms with Gasteiger partial charge in [0.25, 0.3) is 5.91 Å². The largest absolute Gasteiger partial charge is 0.493 e. The Morgan fingerprint density at radius 2 is 1.75 bits per heavy atom. The van der Waals surface area contributed by atoms with E-state index in [1.165, 1.54) is 21.3 Å². The van der Waals surface area contributed by atoms with Crippen LogP contribution in [-0.2, 0) is 0 Å². The highest BCUT2D eigenvalue weighted by atomic mass is 16.5. The number of methoxy groups -OCH3 is 3. The normalized spacial score (nSPS) is 10.4. The first kappa shape index (κ1) is 15.9. The standard InChI is InChI=1S/C15H21NO4/c1-5-6-7-8-16-15(17)11-9-12(18-2)14(20-4)13(10-11)19-3/h5-6,9-10H,7-8H2,1-4H3,(H,16,17)/b6-5+. The number of carbonyl (C=O) groups excluding carboxylic acids is 1. The molecular weight excluding hydrogens is 258 g/mol. The smallest absolute Gasteiger partial charge is 0.251 e. The summed E-state index contributed by atoms with van der Waals surface area (Å²) in [6, 6.07) is 3.26. The molecule has 0 aliphatic rings. The van der Waals surface area contributed by atoms with Crippen molar-refractivity contribution in [3.63, 3.8) is 0 Å². The Bertz CT molecular complexity index is 458. The van der Waals surface area contributed by atoms with Gasteiger partial charge in [-0.05, 0) is 25.5 Å². The molecule has 20 heavy (non-hydrogen) atoms. The van der Waals surface area contributed by atoms with Gasteiger partial charge < -0.3 is 19.5 Å². The molecule has 0 atom stereocenters. The molecule has 5 heteroatoms. The summed E-state index contributed by atoms with van der Waals surface area (Å²) in [6.45, 7) is 2.53. The molecule has 0 saturated heterocycles. The second-order valence-electron chi connectivity index (χ2n) is 4.03. The van der Waals surface area contributed by atoms with Crippen molar-refractivity contribution in [2.75, 3.05) is 27.9 Å². The highest BCUT2D eigenvalue weighted by molar-refractivity contribution is 5.95. The van der Waals surface area contributed by atoms with Gasteiger partial charge in [0.2, 0.25) is 5.75 Å². The predicted molar refractivity (Wildman–Crippen MR) is 77.9 cm³/mol. The van der Waals surface area contributed by atoms with Crippen molar-refractivity contribution in [1.82, 2.24) is 5.32 Å². The zero-order valence-electron chi connectivity index (χ0n) is 12.4. The van der Waals surface area contributed by atoms with E-state index in [0.29, 0.717) is 29.4 Å². The maximum absolute atomic E-state index is 12.1. The van der Waals surface area contributed by atoms with Crippen molar-refractivity contribution < 1.29 is 19.0 Å².